The first kappa shape index (κ1) is 17.2. The molecule has 0 aliphatic heterocycles. The van der Waals surface area contributed by atoms with Crippen LogP contribution in [0.4, 0.5) is 0 Å². The lowest BCUT2D eigenvalue weighted by Gasteiger charge is -1.99. The van der Waals surface area contributed by atoms with Gasteiger partial charge in [-0.2, -0.15) is 10.1 Å². The molecule has 7 nitrogen and oxygen atoms in total. The molecule has 1 aromatic carbocycles. The Morgan fingerprint density at radius 2 is 2.07 bits per heavy atom. The fourth-order valence-corrected chi connectivity index (χ4v) is 3.41. The average Bonchev–Trinajstić information content (AvgIpc) is 3.43. The Morgan fingerprint density at radius 3 is 2.85 bits per heavy atom. The normalized spacial score (nSPS) is 10.9. The molecule has 0 unspecified atom stereocenters. The minimum absolute atomic E-state index is 0.238. The largest absolute Gasteiger partial charge is 0.350 e. The van der Waals surface area contributed by atoms with Crippen molar-refractivity contribution in [3.05, 3.63) is 64.9 Å². The van der Waals surface area contributed by atoms with Gasteiger partial charge >= 0.3 is 0 Å². The van der Waals surface area contributed by atoms with Crippen LogP contribution in [0.2, 0.25) is 0 Å². The number of aryl methyl sites for hydroxylation is 1. The minimum Gasteiger partial charge on any atom is -0.350 e. The lowest BCUT2D eigenvalue weighted by Crippen LogP contribution is -2.26. The van der Waals surface area contributed by atoms with Crippen molar-refractivity contribution in [2.24, 2.45) is 0 Å². The summed E-state index contributed by atoms with van der Waals surface area (Å²) in [5.74, 6) is 0.781. The second-order valence-corrected chi connectivity index (χ2v) is 7.25. The number of nitrogens with one attached hydrogen (secondary N) is 2. The Labute approximate surface area is 159 Å². The van der Waals surface area contributed by atoms with Gasteiger partial charge in [0.2, 0.25) is 0 Å². The highest BCUT2D eigenvalue weighted by Crippen LogP contribution is 2.26. The van der Waals surface area contributed by atoms with Crippen molar-refractivity contribution in [1.82, 2.24) is 25.7 Å². The molecular weight excluding hydrogens is 362 g/mol. The Kier molecular flexibility index (Phi) is 4.80. The predicted octanol–water partition coefficient (Wildman–Crippen LogP) is 3.47. The van der Waals surface area contributed by atoms with Gasteiger partial charge in [-0.25, -0.2) is 0 Å². The lowest BCUT2D eigenvalue weighted by atomic mass is 10.2. The zero-order valence-electron chi connectivity index (χ0n) is 14.6. The first-order chi connectivity index (χ1) is 13.2. The van der Waals surface area contributed by atoms with Gasteiger partial charge in [0.25, 0.3) is 11.8 Å². The number of benzene rings is 1. The summed E-state index contributed by atoms with van der Waals surface area (Å²) in [6.45, 7) is 2.44. The van der Waals surface area contributed by atoms with E-state index in [0.717, 1.165) is 16.1 Å². The van der Waals surface area contributed by atoms with Crippen molar-refractivity contribution in [3.8, 4) is 22.0 Å². The fraction of sp³-hybridized carbons (Fsp3) is 0.158. The van der Waals surface area contributed by atoms with E-state index in [1.807, 2.05) is 49.4 Å². The summed E-state index contributed by atoms with van der Waals surface area (Å²) in [4.78, 5) is 18.9. The van der Waals surface area contributed by atoms with Gasteiger partial charge in [0.15, 0.2) is 11.5 Å². The van der Waals surface area contributed by atoms with E-state index < -0.39 is 0 Å². The van der Waals surface area contributed by atoms with E-state index in [1.165, 1.54) is 4.88 Å². The third-order valence-corrected chi connectivity index (χ3v) is 4.97. The van der Waals surface area contributed by atoms with E-state index in [1.54, 1.807) is 17.4 Å². The minimum atomic E-state index is -0.238. The Hall–Kier alpha value is -3.26. The standard InChI is InChI=1S/C19H17N5O2S/c1-12-7-8-16(27-12)14-11-15(23-22-14)18(25)20-10-9-17-21-19(26-24-17)13-5-3-2-4-6-13/h2-8,11H,9-10H2,1H3,(H,20,25)(H,22,23). The summed E-state index contributed by atoms with van der Waals surface area (Å²) in [6, 6.07) is 15.4. The zero-order valence-corrected chi connectivity index (χ0v) is 15.4. The van der Waals surface area contributed by atoms with Crippen LogP contribution >= 0.6 is 11.3 Å². The molecular formula is C19H17N5O2S. The highest BCUT2D eigenvalue weighted by molar-refractivity contribution is 7.15. The molecule has 0 bridgehead atoms. The molecule has 4 aromatic rings. The van der Waals surface area contributed by atoms with Crippen LogP contribution in [0.3, 0.4) is 0 Å². The van der Waals surface area contributed by atoms with Crippen molar-refractivity contribution in [2.45, 2.75) is 13.3 Å². The maximum absolute atomic E-state index is 12.3. The Balaban J connectivity index is 1.32. The summed E-state index contributed by atoms with van der Waals surface area (Å²) >= 11 is 1.65. The lowest BCUT2D eigenvalue weighted by molar-refractivity contribution is 0.0949. The van der Waals surface area contributed by atoms with E-state index in [4.69, 9.17) is 4.52 Å². The first-order valence-corrected chi connectivity index (χ1v) is 9.29. The molecule has 27 heavy (non-hydrogen) atoms. The Bertz CT molecular complexity index is 1050. The van der Waals surface area contributed by atoms with Gasteiger partial charge in [-0.3, -0.25) is 9.89 Å². The summed E-state index contributed by atoms with van der Waals surface area (Å²) in [5, 5.41) is 13.8. The molecule has 3 heterocycles. The van der Waals surface area contributed by atoms with Crippen molar-refractivity contribution >= 4 is 17.2 Å². The Morgan fingerprint density at radius 1 is 1.22 bits per heavy atom. The zero-order chi connectivity index (χ0) is 18.6. The highest BCUT2D eigenvalue weighted by Gasteiger charge is 2.13. The number of carbonyl (C=O) groups is 1. The van der Waals surface area contributed by atoms with E-state index in [-0.39, 0.29) is 5.91 Å². The number of hydrogen-bond donors (Lipinski definition) is 2. The van der Waals surface area contributed by atoms with Crippen LogP contribution in [0.25, 0.3) is 22.0 Å². The van der Waals surface area contributed by atoms with Crippen molar-refractivity contribution < 1.29 is 9.32 Å². The molecule has 0 aliphatic carbocycles. The van der Waals surface area contributed by atoms with Gasteiger partial charge in [0.1, 0.15) is 0 Å². The maximum Gasteiger partial charge on any atom is 0.271 e. The second kappa shape index (κ2) is 7.55. The molecule has 0 radical (unpaired) electrons. The molecule has 136 valence electrons. The number of H-pyrrole nitrogens is 1. The van der Waals surface area contributed by atoms with Crippen LogP contribution in [0.15, 0.2) is 53.1 Å². The molecule has 0 saturated heterocycles. The van der Waals surface area contributed by atoms with Gasteiger partial charge < -0.3 is 9.84 Å². The van der Waals surface area contributed by atoms with Crippen LogP contribution in [-0.2, 0) is 6.42 Å². The summed E-state index contributed by atoms with van der Waals surface area (Å²) in [7, 11) is 0. The summed E-state index contributed by atoms with van der Waals surface area (Å²) < 4.78 is 5.26. The van der Waals surface area contributed by atoms with Gasteiger partial charge in [-0.15, -0.1) is 11.3 Å². The molecule has 3 aromatic heterocycles. The number of thiophene rings is 1. The average molecular weight is 379 g/mol. The van der Waals surface area contributed by atoms with Gasteiger partial charge in [-0.05, 0) is 37.3 Å². The van der Waals surface area contributed by atoms with Crippen molar-refractivity contribution in [3.63, 3.8) is 0 Å². The fourth-order valence-electron chi connectivity index (χ4n) is 2.58. The SMILES string of the molecule is Cc1ccc(-c2cc(C(=O)NCCc3noc(-c4ccccc4)n3)n[nH]2)s1. The number of amides is 1. The molecule has 0 aliphatic rings. The second-order valence-electron chi connectivity index (χ2n) is 5.96. The molecule has 1 amide bonds. The van der Waals surface area contributed by atoms with Crippen LogP contribution in [0, 0.1) is 6.92 Å². The number of hydrogen-bond acceptors (Lipinski definition) is 6. The topological polar surface area (TPSA) is 96.7 Å². The number of rotatable bonds is 6. The third-order valence-electron chi connectivity index (χ3n) is 3.94. The van der Waals surface area contributed by atoms with E-state index in [2.05, 4.69) is 25.7 Å². The molecule has 8 heteroatoms. The molecule has 4 rings (SSSR count). The van der Waals surface area contributed by atoms with E-state index >= 15 is 0 Å². The van der Waals surface area contributed by atoms with E-state index in [9.17, 15) is 4.79 Å². The first-order valence-electron chi connectivity index (χ1n) is 8.47. The quantitative estimate of drug-likeness (QED) is 0.535. The van der Waals surface area contributed by atoms with Crippen LogP contribution < -0.4 is 5.32 Å². The molecule has 0 spiro atoms. The number of aromatic amines is 1. The molecule has 0 atom stereocenters. The van der Waals surface area contributed by atoms with Crippen molar-refractivity contribution in [2.75, 3.05) is 6.54 Å². The molecule has 0 fully saturated rings. The van der Waals surface area contributed by atoms with Crippen LogP contribution in [-0.4, -0.2) is 32.8 Å². The maximum atomic E-state index is 12.3. The van der Waals surface area contributed by atoms with Gasteiger partial charge in [0, 0.05) is 23.4 Å². The van der Waals surface area contributed by atoms with E-state index in [0.29, 0.717) is 30.4 Å². The van der Waals surface area contributed by atoms with Crippen LogP contribution in [0.1, 0.15) is 21.2 Å². The molecule has 0 saturated carbocycles. The predicted molar refractivity (Wildman–Crippen MR) is 102 cm³/mol. The van der Waals surface area contributed by atoms with Crippen LogP contribution in [0.5, 0.6) is 0 Å². The highest BCUT2D eigenvalue weighted by atomic mass is 32.1. The van der Waals surface area contributed by atoms with Crippen molar-refractivity contribution in [1.29, 1.82) is 0 Å². The monoisotopic (exact) mass is 379 g/mol. The number of aromatic nitrogens is 4. The smallest absolute Gasteiger partial charge is 0.271 e. The van der Waals surface area contributed by atoms with Gasteiger partial charge in [0.05, 0.1) is 10.6 Å². The number of carbonyl (C=O) groups excluding carboxylic acids is 1. The summed E-state index contributed by atoms with van der Waals surface area (Å²) in [6.07, 6.45) is 0.476. The number of nitrogens with zero attached hydrogens (tertiary/aromatic N) is 3. The van der Waals surface area contributed by atoms with Gasteiger partial charge in [-0.1, -0.05) is 23.4 Å². The third kappa shape index (κ3) is 3.95. The molecule has 2 N–H and O–H groups in total. The summed E-state index contributed by atoms with van der Waals surface area (Å²) in [5.41, 5.74) is 2.06.